The largest absolute Gasteiger partial charge is 0.354 e. The minimum Gasteiger partial charge on any atom is -0.354 e. The van der Waals surface area contributed by atoms with Gasteiger partial charge in [-0.15, -0.1) is 11.3 Å². The predicted molar refractivity (Wildman–Crippen MR) is 117 cm³/mol. The standard InChI is InChI=1S/C20H20ClN3O3S2/c1-12(2)18-23-15(11-28-18)10-17(25)22-7-8-24-19(26)16(29-20(24)27)9-13-3-5-14(21)6-4-13/h3-6,9,11-12H,7-8,10H2,1-2H3,(H,22,25)/b16-9-. The van der Waals surface area contributed by atoms with E-state index in [1.165, 1.54) is 0 Å². The van der Waals surface area contributed by atoms with Gasteiger partial charge in [0, 0.05) is 29.4 Å². The van der Waals surface area contributed by atoms with E-state index in [1.54, 1.807) is 41.7 Å². The Morgan fingerprint density at radius 3 is 2.66 bits per heavy atom. The lowest BCUT2D eigenvalue weighted by Gasteiger charge is -2.12. The third-order valence-electron chi connectivity index (χ3n) is 4.10. The van der Waals surface area contributed by atoms with Crippen LogP contribution in [0.3, 0.4) is 0 Å². The van der Waals surface area contributed by atoms with Gasteiger partial charge >= 0.3 is 0 Å². The lowest BCUT2D eigenvalue weighted by atomic mass is 10.2. The highest BCUT2D eigenvalue weighted by Crippen LogP contribution is 2.32. The Morgan fingerprint density at radius 1 is 1.28 bits per heavy atom. The molecule has 0 saturated carbocycles. The molecule has 0 aliphatic carbocycles. The van der Waals surface area contributed by atoms with Crippen LogP contribution in [0, 0.1) is 0 Å². The topological polar surface area (TPSA) is 79.4 Å². The molecule has 0 radical (unpaired) electrons. The van der Waals surface area contributed by atoms with Crippen LogP contribution in [0.5, 0.6) is 0 Å². The summed E-state index contributed by atoms with van der Waals surface area (Å²) in [5.41, 5.74) is 1.52. The number of imide groups is 1. The molecule has 0 spiro atoms. The number of hydrogen-bond donors (Lipinski definition) is 1. The Bertz CT molecular complexity index is 954. The molecule has 1 aliphatic rings. The van der Waals surface area contributed by atoms with Gasteiger partial charge in [-0.3, -0.25) is 19.3 Å². The molecule has 9 heteroatoms. The number of carbonyl (C=O) groups is 3. The van der Waals surface area contributed by atoms with Gasteiger partial charge in [0.05, 0.1) is 22.0 Å². The average molecular weight is 450 g/mol. The van der Waals surface area contributed by atoms with E-state index >= 15 is 0 Å². The molecule has 1 aromatic heterocycles. The highest BCUT2D eigenvalue weighted by Gasteiger charge is 2.34. The van der Waals surface area contributed by atoms with Crippen molar-refractivity contribution < 1.29 is 14.4 Å². The molecule has 3 amide bonds. The van der Waals surface area contributed by atoms with Crippen molar-refractivity contribution >= 4 is 57.8 Å². The zero-order valence-corrected chi connectivity index (χ0v) is 18.4. The van der Waals surface area contributed by atoms with Crippen LogP contribution >= 0.6 is 34.7 Å². The second-order valence-corrected chi connectivity index (χ2v) is 9.06. The first kappa shape index (κ1) is 21.5. The summed E-state index contributed by atoms with van der Waals surface area (Å²) in [6.45, 7) is 4.44. The first-order valence-electron chi connectivity index (χ1n) is 9.05. The normalized spacial score (nSPS) is 15.6. The fourth-order valence-electron chi connectivity index (χ4n) is 2.61. The third kappa shape index (κ3) is 5.68. The third-order valence-corrected chi connectivity index (χ3v) is 6.46. The molecule has 29 heavy (non-hydrogen) atoms. The number of benzene rings is 1. The second-order valence-electron chi connectivity index (χ2n) is 6.74. The van der Waals surface area contributed by atoms with Crippen LogP contribution in [-0.2, 0) is 16.0 Å². The van der Waals surface area contributed by atoms with Gasteiger partial charge in [-0.2, -0.15) is 0 Å². The highest BCUT2D eigenvalue weighted by atomic mass is 35.5. The van der Waals surface area contributed by atoms with Gasteiger partial charge in [0.25, 0.3) is 11.1 Å². The fourth-order valence-corrected chi connectivity index (χ4v) is 4.43. The molecular formula is C20H20ClN3O3S2. The van der Waals surface area contributed by atoms with Crippen LogP contribution in [0.4, 0.5) is 4.79 Å². The first-order chi connectivity index (χ1) is 13.8. The van der Waals surface area contributed by atoms with E-state index in [-0.39, 0.29) is 36.6 Å². The molecule has 1 fully saturated rings. The van der Waals surface area contributed by atoms with Gasteiger partial charge in [0.15, 0.2) is 0 Å². The number of rotatable bonds is 7. The molecular weight excluding hydrogens is 430 g/mol. The Kier molecular flexibility index (Phi) is 7.10. The maximum Gasteiger partial charge on any atom is 0.293 e. The molecule has 1 N–H and O–H groups in total. The summed E-state index contributed by atoms with van der Waals surface area (Å²) in [6.07, 6.45) is 1.84. The van der Waals surface area contributed by atoms with Crippen LogP contribution in [0.15, 0.2) is 34.6 Å². The zero-order chi connectivity index (χ0) is 21.0. The summed E-state index contributed by atoms with van der Waals surface area (Å²) < 4.78 is 0. The predicted octanol–water partition coefficient (Wildman–Crippen LogP) is 4.32. The molecule has 1 aliphatic heterocycles. The van der Waals surface area contributed by atoms with Crippen LogP contribution < -0.4 is 5.32 Å². The quantitative estimate of drug-likeness (QED) is 0.637. The maximum atomic E-state index is 12.5. The Hall–Kier alpha value is -2.16. The summed E-state index contributed by atoms with van der Waals surface area (Å²) >= 11 is 8.29. The smallest absolute Gasteiger partial charge is 0.293 e. The molecule has 3 rings (SSSR count). The number of amides is 3. The number of halogens is 1. The molecule has 0 unspecified atom stereocenters. The Morgan fingerprint density at radius 2 is 2.00 bits per heavy atom. The van der Waals surface area contributed by atoms with Gasteiger partial charge in [-0.1, -0.05) is 37.6 Å². The summed E-state index contributed by atoms with van der Waals surface area (Å²) in [6, 6.07) is 7.00. The Balaban J connectivity index is 1.51. The molecule has 1 aromatic carbocycles. The van der Waals surface area contributed by atoms with Gasteiger partial charge in [0.1, 0.15) is 0 Å². The van der Waals surface area contributed by atoms with E-state index in [0.717, 1.165) is 32.9 Å². The number of nitrogens with zero attached hydrogens (tertiary/aromatic N) is 2. The molecule has 152 valence electrons. The van der Waals surface area contributed by atoms with Crippen molar-refractivity contribution in [2.24, 2.45) is 0 Å². The van der Waals surface area contributed by atoms with E-state index < -0.39 is 0 Å². The van der Waals surface area contributed by atoms with Crippen LogP contribution in [0.1, 0.15) is 36.0 Å². The minimum absolute atomic E-state index is 0.128. The van der Waals surface area contributed by atoms with E-state index in [0.29, 0.717) is 15.8 Å². The van der Waals surface area contributed by atoms with Crippen LogP contribution in [0.25, 0.3) is 6.08 Å². The first-order valence-corrected chi connectivity index (χ1v) is 11.1. The van der Waals surface area contributed by atoms with Crippen molar-refractivity contribution in [3.63, 3.8) is 0 Å². The summed E-state index contributed by atoms with van der Waals surface area (Å²) in [7, 11) is 0. The summed E-state index contributed by atoms with van der Waals surface area (Å²) in [4.78, 5) is 42.7. The molecule has 0 bridgehead atoms. The number of aromatic nitrogens is 1. The average Bonchev–Trinajstić information content (AvgIpc) is 3.23. The fraction of sp³-hybridized carbons (Fsp3) is 0.300. The molecule has 2 heterocycles. The molecule has 1 saturated heterocycles. The van der Waals surface area contributed by atoms with Crippen molar-refractivity contribution in [2.45, 2.75) is 26.2 Å². The number of carbonyl (C=O) groups excluding carboxylic acids is 3. The van der Waals surface area contributed by atoms with E-state index in [4.69, 9.17) is 11.6 Å². The molecule has 6 nitrogen and oxygen atoms in total. The summed E-state index contributed by atoms with van der Waals surface area (Å²) in [5.74, 6) is -0.212. The number of thiazole rings is 1. The van der Waals surface area contributed by atoms with E-state index in [1.807, 2.05) is 5.38 Å². The lowest BCUT2D eigenvalue weighted by Crippen LogP contribution is -2.37. The monoisotopic (exact) mass is 449 g/mol. The molecule has 0 atom stereocenters. The second kappa shape index (κ2) is 9.56. The van der Waals surface area contributed by atoms with E-state index in [2.05, 4.69) is 24.1 Å². The van der Waals surface area contributed by atoms with Gasteiger partial charge in [0.2, 0.25) is 5.91 Å². The van der Waals surface area contributed by atoms with Crippen molar-refractivity contribution in [3.05, 3.63) is 55.8 Å². The van der Waals surface area contributed by atoms with Gasteiger partial charge in [-0.25, -0.2) is 4.98 Å². The number of nitrogens with one attached hydrogen (secondary N) is 1. The van der Waals surface area contributed by atoms with E-state index in [9.17, 15) is 14.4 Å². The van der Waals surface area contributed by atoms with Crippen molar-refractivity contribution in [2.75, 3.05) is 13.1 Å². The maximum absolute atomic E-state index is 12.5. The zero-order valence-electron chi connectivity index (χ0n) is 16.0. The van der Waals surface area contributed by atoms with Crippen molar-refractivity contribution in [1.29, 1.82) is 0 Å². The van der Waals surface area contributed by atoms with Crippen LogP contribution in [0.2, 0.25) is 5.02 Å². The van der Waals surface area contributed by atoms with Gasteiger partial charge in [-0.05, 0) is 35.5 Å². The Labute approximate surface area is 182 Å². The SMILES string of the molecule is CC(C)c1nc(CC(=O)NCCN2C(=O)S/C(=C\c3ccc(Cl)cc3)C2=O)cs1. The van der Waals surface area contributed by atoms with Crippen molar-refractivity contribution in [1.82, 2.24) is 15.2 Å². The van der Waals surface area contributed by atoms with Gasteiger partial charge < -0.3 is 5.32 Å². The van der Waals surface area contributed by atoms with Crippen LogP contribution in [-0.4, -0.2) is 40.0 Å². The molecule has 2 aromatic rings. The highest BCUT2D eigenvalue weighted by molar-refractivity contribution is 8.18. The number of thioether (sulfide) groups is 1. The lowest BCUT2D eigenvalue weighted by molar-refractivity contribution is -0.124. The summed E-state index contributed by atoms with van der Waals surface area (Å²) in [5, 5.41) is 5.88. The number of hydrogen-bond acceptors (Lipinski definition) is 6. The van der Waals surface area contributed by atoms with Crippen molar-refractivity contribution in [3.8, 4) is 0 Å². The minimum atomic E-state index is -0.356.